The Morgan fingerprint density at radius 1 is 1.21 bits per heavy atom. The van der Waals surface area contributed by atoms with E-state index in [9.17, 15) is 4.79 Å². The maximum atomic E-state index is 11.8. The number of halogens is 1. The molecule has 0 saturated heterocycles. The summed E-state index contributed by atoms with van der Waals surface area (Å²) in [5.74, 6) is 1.46. The number of carbonyl (C=O) groups excluding carboxylic acids is 1. The van der Waals surface area contributed by atoms with Gasteiger partial charge in [0.15, 0.2) is 5.96 Å². The largest absolute Gasteiger partial charge is 0.497 e. The molecule has 160 valence electrons. The van der Waals surface area contributed by atoms with E-state index in [2.05, 4.69) is 20.7 Å². The van der Waals surface area contributed by atoms with Crippen LogP contribution in [0.1, 0.15) is 12.0 Å². The third kappa shape index (κ3) is 9.64. The molecule has 8 nitrogen and oxygen atoms in total. The van der Waals surface area contributed by atoms with Gasteiger partial charge in [-0.3, -0.25) is 9.48 Å². The van der Waals surface area contributed by atoms with E-state index in [-0.39, 0.29) is 36.4 Å². The number of ether oxygens (including phenoxy) is 1. The molecule has 1 amide bonds. The minimum atomic E-state index is -0.0344. The molecule has 2 rings (SSSR count). The van der Waals surface area contributed by atoms with Crippen LogP contribution in [0, 0.1) is 0 Å². The van der Waals surface area contributed by atoms with Crippen LogP contribution < -0.4 is 15.4 Å². The second kappa shape index (κ2) is 13.8. The number of aryl methyl sites for hydroxylation is 1. The van der Waals surface area contributed by atoms with Crippen LogP contribution in [0.3, 0.4) is 0 Å². The summed E-state index contributed by atoms with van der Waals surface area (Å²) in [6.45, 7) is 2.40. The van der Waals surface area contributed by atoms with Crippen LogP contribution in [0.25, 0.3) is 0 Å². The third-order valence-corrected chi connectivity index (χ3v) is 4.15. The maximum Gasteiger partial charge on any atom is 0.243 e. The zero-order valence-corrected chi connectivity index (χ0v) is 19.6. The first-order valence-electron chi connectivity index (χ1n) is 9.41. The fourth-order valence-corrected chi connectivity index (χ4v) is 2.46. The van der Waals surface area contributed by atoms with Gasteiger partial charge in [0.2, 0.25) is 5.91 Å². The highest BCUT2D eigenvalue weighted by Gasteiger charge is 2.05. The summed E-state index contributed by atoms with van der Waals surface area (Å²) in [4.78, 5) is 17.8. The quantitative estimate of drug-likeness (QED) is 0.219. The van der Waals surface area contributed by atoms with E-state index in [1.54, 1.807) is 27.4 Å². The molecule has 0 aliphatic carbocycles. The van der Waals surface area contributed by atoms with Gasteiger partial charge in [-0.2, -0.15) is 5.10 Å². The molecule has 9 heteroatoms. The molecule has 0 radical (unpaired) electrons. The highest BCUT2D eigenvalue weighted by Crippen LogP contribution is 2.11. The van der Waals surface area contributed by atoms with Gasteiger partial charge in [-0.05, 0) is 36.6 Å². The van der Waals surface area contributed by atoms with Crippen LogP contribution in [0.4, 0.5) is 0 Å². The molecule has 1 aromatic carbocycles. The summed E-state index contributed by atoms with van der Waals surface area (Å²) in [5, 5.41) is 10.8. The summed E-state index contributed by atoms with van der Waals surface area (Å²) in [5.41, 5.74) is 1.20. The number of carbonyl (C=O) groups is 1. The number of hydrogen-bond acceptors (Lipinski definition) is 4. The molecule has 1 heterocycles. The predicted molar refractivity (Wildman–Crippen MR) is 126 cm³/mol. The molecule has 0 atom stereocenters. The van der Waals surface area contributed by atoms with Gasteiger partial charge in [0.1, 0.15) is 12.3 Å². The molecule has 0 aliphatic heterocycles. The first-order chi connectivity index (χ1) is 13.6. The van der Waals surface area contributed by atoms with Gasteiger partial charge in [0.25, 0.3) is 0 Å². The average molecular weight is 514 g/mol. The van der Waals surface area contributed by atoms with Crippen molar-refractivity contribution in [2.75, 3.05) is 40.8 Å². The Labute approximate surface area is 189 Å². The van der Waals surface area contributed by atoms with E-state index in [1.165, 1.54) is 10.5 Å². The van der Waals surface area contributed by atoms with Gasteiger partial charge < -0.3 is 20.3 Å². The molecule has 0 fully saturated rings. The van der Waals surface area contributed by atoms with E-state index in [0.717, 1.165) is 31.7 Å². The van der Waals surface area contributed by atoms with Crippen LogP contribution in [0.15, 0.2) is 47.7 Å². The SMILES string of the molecule is COc1ccc(CCNC(=NCC(=O)N(C)C)NCCCn2cccn2)cc1.I. The molecule has 0 unspecified atom stereocenters. The second-order valence-electron chi connectivity index (χ2n) is 6.53. The maximum absolute atomic E-state index is 11.8. The number of amides is 1. The molecule has 0 saturated carbocycles. The van der Waals surface area contributed by atoms with Gasteiger partial charge in [0.05, 0.1) is 7.11 Å². The predicted octanol–water partition coefficient (Wildman–Crippen LogP) is 1.77. The minimum absolute atomic E-state index is 0. The monoisotopic (exact) mass is 514 g/mol. The van der Waals surface area contributed by atoms with Crippen LogP contribution >= 0.6 is 24.0 Å². The number of nitrogens with one attached hydrogen (secondary N) is 2. The third-order valence-electron chi connectivity index (χ3n) is 4.15. The van der Waals surface area contributed by atoms with E-state index in [4.69, 9.17) is 4.74 Å². The summed E-state index contributed by atoms with van der Waals surface area (Å²) < 4.78 is 7.07. The van der Waals surface area contributed by atoms with Crippen molar-refractivity contribution in [3.63, 3.8) is 0 Å². The molecule has 0 bridgehead atoms. The fraction of sp³-hybridized carbons (Fsp3) is 0.450. The molecule has 0 aliphatic rings. The highest BCUT2D eigenvalue weighted by molar-refractivity contribution is 14.0. The Kier molecular flexibility index (Phi) is 11.8. The minimum Gasteiger partial charge on any atom is -0.497 e. The van der Waals surface area contributed by atoms with Crippen molar-refractivity contribution in [2.24, 2.45) is 4.99 Å². The molecule has 0 spiro atoms. The molecule has 2 aromatic rings. The summed E-state index contributed by atoms with van der Waals surface area (Å²) in [6.07, 6.45) is 5.47. The Morgan fingerprint density at radius 2 is 1.93 bits per heavy atom. The number of aliphatic imine (C=N–C) groups is 1. The first-order valence-corrected chi connectivity index (χ1v) is 9.41. The second-order valence-corrected chi connectivity index (χ2v) is 6.53. The molecular weight excluding hydrogens is 483 g/mol. The number of aromatic nitrogens is 2. The van der Waals surface area contributed by atoms with Crippen LogP contribution in [-0.4, -0.2) is 67.4 Å². The number of benzene rings is 1. The van der Waals surface area contributed by atoms with Gasteiger partial charge in [-0.25, -0.2) is 4.99 Å². The number of likely N-dealkylation sites (N-methyl/N-ethyl adjacent to an activating group) is 1. The standard InChI is InChI=1S/C20H30N6O2.HI/c1-25(2)19(27)16-23-20(21-11-4-14-26-15-5-12-24-26)22-13-10-17-6-8-18(28-3)9-7-17;/h5-9,12,15H,4,10-11,13-14,16H2,1-3H3,(H2,21,22,23);1H. The van der Waals surface area contributed by atoms with Crippen LogP contribution in [0.2, 0.25) is 0 Å². The number of hydrogen-bond donors (Lipinski definition) is 2. The van der Waals surface area contributed by atoms with Crippen molar-refractivity contribution >= 4 is 35.8 Å². The Bertz CT molecular complexity index is 732. The summed E-state index contributed by atoms with van der Waals surface area (Å²) >= 11 is 0. The lowest BCUT2D eigenvalue weighted by Crippen LogP contribution is -2.40. The van der Waals surface area contributed by atoms with Crippen molar-refractivity contribution in [1.29, 1.82) is 0 Å². The lowest BCUT2D eigenvalue weighted by Gasteiger charge is -2.14. The van der Waals surface area contributed by atoms with Crippen molar-refractivity contribution in [3.05, 3.63) is 48.3 Å². The first kappa shape index (κ1) is 24.7. The Hall–Kier alpha value is -2.30. The van der Waals surface area contributed by atoms with Crippen molar-refractivity contribution in [3.8, 4) is 5.75 Å². The smallest absolute Gasteiger partial charge is 0.243 e. The lowest BCUT2D eigenvalue weighted by molar-refractivity contribution is -0.127. The molecule has 1 aromatic heterocycles. The van der Waals surface area contributed by atoms with Gasteiger partial charge in [-0.1, -0.05) is 12.1 Å². The lowest BCUT2D eigenvalue weighted by atomic mass is 10.1. The number of nitrogens with zero attached hydrogens (tertiary/aromatic N) is 4. The summed E-state index contributed by atoms with van der Waals surface area (Å²) in [7, 11) is 5.12. The van der Waals surface area contributed by atoms with Crippen molar-refractivity contribution in [1.82, 2.24) is 25.3 Å². The topological polar surface area (TPSA) is 83.8 Å². The van der Waals surface area contributed by atoms with E-state index in [0.29, 0.717) is 12.5 Å². The summed E-state index contributed by atoms with van der Waals surface area (Å²) in [6, 6.07) is 9.91. The number of methoxy groups -OCH3 is 1. The zero-order valence-electron chi connectivity index (χ0n) is 17.3. The van der Waals surface area contributed by atoms with E-state index >= 15 is 0 Å². The Morgan fingerprint density at radius 3 is 2.55 bits per heavy atom. The van der Waals surface area contributed by atoms with Gasteiger partial charge in [0, 0.05) is 46.1 Å². The Balaban J connectivity index is 0.00000420. The van der Waals surface area contributed by atoms with Gasteiger partial charge >= 0.3 is 0 Å². The fourth-order valence-electron chi connectivity index (χ4n) is 2.46. The molecule has 29 heavy (non-hydrogen) atoms. The number of rotatable bonds is 10. The highest BCUT2D eigenvalue weighted by atomic mass is 127. The zero-order chi connectivity index (χ0) is 20.2. The molecule has 2 N–H and O–H groups in total. The van der Waals surface area contributed by atoms with Crippen molar-refractivity contribution < 1.29 is 9.53 Å². The average Bonchev–Trinajstić information content (AvgIpc) is 3.22. The normalized spacial score (nSPS) is 10.8. The molecular formula is C20H31IN6O2. The van der Waals surface area contributed by atoms with E-state index in [1.807, 2.05) is 41.2 Å². The number of guanidine groups is 1. The van der Waals surface area contributed by atoms with Crippen LogP contribution in [-0.2, 0) is 17.8 Å². The van der Waals surface area contributed by atoms with E-state index < -0.39 is 0 Å². The van der Waals surface area contributed by atoms with Crippen molar-refractivity contribution in [2.45, 2.75) is 19.4 Å². The van der Waals surface area contributed by atoms with Gasteiger partial charge in [-0.15, -0.1) is 24.0 Å². The van der Waals surface area contributed by atoms with Crippen LogP contribution in [0.5, 0.6) is 5.75 Å².